The highest BCUT2D eigenvalue weighted by Gasteiger charge is 1.99. The van der Waals surface area contributed by atoms with E-state index in [9.17, 15) is 4.79 Å². The van der Waals surface area contributed by atoms with Gasteiger partial charge in [0.15, 0.2) is 0 Å². The highest BCUT2D eigenvalue weighted by atomic mass is 16.1. The van der Waals surface area contributed by atoms with Crippen LogP contribution < -0.4 is 11.1 Å². The lowest BCUT2D eigenvalue weighted by Gasteiger charge is -2.01. The van der Waals surface area contributed by atoms with Crippen LogP contribution in [-0.4, -0.2) is 22.4 Å². The lowest BCUT2D eigenvalue weighted by Crippen LogP contribution is -2.20. The summed E-state index contributed by atoms with van der Waals surface area (Å²) in [4.78, 5) is 18.8. The molecule has 1 amide bonds. The van der Waals surface area contributed by atoms with Crippen LogP contribution in [-0.2, 0) is 4.79 Å². The van der Waals surface area contributed by atoms with Gasteiger partial charge in [-0.3, -0.25) is 4.79 Å². The van der Waals surface area contributed by atoms with Crippen LogP contribution in [0.1, 0.15) is 18.9 Å². The van der Waals surface area contributed by atoms with E-state index in [0.29, 0.717) is 12.4 Å². The molecule has 0 fully saturated rings. The molecule has 19 heavy (non-hydrogen) atoms. The lowest BCUT2D eigenvalue weighted by atomic mass is 10.1. The summed E-state index contributed by atoms with van der Waals surface area (Å²) >= 11 is 0. The van der Waals surface area contributed by atoms with Gasteiger partial charge in [-0.05, 0) is 24.1 Å². The van der Waals surface area contributed by atoms with Crippen LogP contribution in [0, 0.1) is 0 Å². The first-order valence-corrected chi connectivity index (χ1v) is 6.08. The minimum atomic E-state index is -0.0102. The van der Waals surface area contributed by atoms with Gasteiger partial charge in [0.1, 0.15) is 12.1 Å². The molecule has 2 rings (SSSR count). The van der Waals surface area contributed by atoms with Gasteiger partial charge in [0, 0.05) is 18.9 Å². The quantitative estimate of drug-likeness (QED) is 0.817. The molecule has 1 heterocycles. The first kappa shape index (κ1) is 13.0. The zero-order valence-corrected chi connectivity index (χ0v) is 10.8. The van der Waals surface area contributed by atoms with E-state index in [0.717, 1.165) is 22.9 Å². The van der Waals surface area contributed by atoms with E-state index in [1.807, 2.05) is 30.4 Å². The average molecular weight is 256 g/mol. The summed E-state index contributed by atoms with van der Waals surface area (Å²) in [5, 5.41) is 3.59. The number of nitrogen functional groups attached to an aromatic ring is 1. The lowest BCUT2D eigenvalue weighted by molar-refractivity contribution is -0.118. The topological polar surface area (TPSA) is 80.9 Å². The van der Waals surface area contributed by atoms with E-state index in [1.165, 1.54) is 13.3 Å². The number of hydrogen-bond donors (Lipinski definition) is 2. The fraction of sp³-hybridized carbons (Fsp3) is 0.214. The summed E-state index contributed by atoms with van der Waals surface area (Å²) in [6.07, 6.45) is 6.25. The maximum absolute atomic E-state index is 10.7. The molecule has 98 valence electrons. The average Bonchev–Trinajstić information content (AvgIpc) is 2.39. The fourth-order valence-electron chi connectivity index (χ4n) is 1.75. The second kappa shape index (κ2) is 5.95. The Morgan fingerprint density at radius 2 is 2.26 bits per heavy atom. The van der Waals surface area contributed by atoms with E-state index >= 15 is 0 Å². The molecule has 0 atom stereocenters. The predicted octanol–water partition coefficient (Wildman–Crippen LogP) is 1.75. The summed E-state index contributed by atoms with van der Waals surface area (Å²) < 4.78 is 0. The van der Waals surface area contributed by atoms with Crippen LogP contribution in [0.5, 0.6) is 0 Å². The van der Waals surface area contributed by atoms with Gasteiger partial charge in [0.25, 0.3) is 0 Å². The predicted molar refractivity (Wildman–Crippen MR) is 76.3 cm³/mol. The second-order valence-corrected chi connectivity index (χ2v) is 4.21. The number of nitrogens with two attached hydrogens (primary N) is 1. The van der Waals surface area contributed by atoms with Gasteiger partial charge in [0.2, 0.25) is 5.91 Å². The van der Waals surface area contributed by atoms with E-state index in [4.69, 9.17) is 5.73 Å². The van der Waals surface area contributed by atoms with Crippen LogP contribution in [0.15, 0.2) is 30.6 Å². The van der Waals surface area contributed by atoms with Gasteiger partial charge in [-0.25, -0.2) is 9.97 Å². The molecule has 0 aliphatic heterocycles. The number of carbonyl (C=O) groups is 1. The largest absolute Gasteiger partial charge is 0.383 e. The Kier molecular flexibility index (Phi) is 4.07. The van der Waals surface area contributed by atoms with Gasteiger partial charge < -0.3 is 11.1 Å². The second-order valence-electron chi connectivity index (χ2n) is 4.21. The van der Waals surface area contributed by atoms with Crippen molar-refractivity contribution in [1.82, 2.24) is 15.3 Å². The molecule has 5 heteroatoms. The summed E-state index contributed by atoms with van der Waals surface area (Å²) in [6.45, 7) is 2.15. The van der Waals surface area contributed by atoms with Gasteiger partial charge in [-0.1, -0.05) is 18.2 Å². The number of aromatic nitrogens is 2. The molecule has 0 bridgehead atoms. The van der Waals surface area contributed by atoms with Crippen LogP contribution in [0.4, 0.5) is 5.82 Å². The molecule has 0 spiro atoms. The minimum absolute atomic E-state index is 0.0102. The smallest absolute Gasteiger partial charge is 0.216 e. The molecule has 0 aliphatic carbocycles. The number of amides is 1. The molecule has 0 aliphatic rings. The van der Waals surface area contributed by atoms with Crippen LogP contribution in [0.3, 0.4) is 0 Å². The van der Waals surface area contributed by atoms with Crippen molar-refractivity contribution in [1.29, 1.82) is 0 Å². The van der Waals surface area contributed by atoms with Crippen molar-refractivity contribution >= 4 is 28.7 Å². The van der Waals surface area contributed by atoms with E-state index in [2.05, 4.69) is 15.3 Å². The van der Waals surface area contributed by atoms with Crippen molar-refractivity contribution < 1.29 is 4.79 Å². The summed E-state index contributed by atoms with van der Waals surface area (Å²) in [5.41, 5.74) is 7.69. The first-order chi connectivity index (χ1) is 9.16. The Balaban J connectivity index is 2.07. The summed E-state index contributed by atoms with van der Waals surface area (Å²) in [5.74, 6) is 0.475. The number of benzene rings is 1. The maximum Gasteiger partial charge on any atom is 0.216 e. The van der Waals surface area contributed by atoms with Gasteiger partial charge in [0.05, 0.1) is 5.52 Å². The van der Waals surface area contributed by atoms with E-state index in [-0.39, 0.29) is 5.91 Å². The van der Waals surface area contributed by atoms with Crippen molar-refractivity contribution in [3.05, 3.63) is 36.2 Å². The normalized spacial score (nSPS) is 11.0. The number of carbonyl (C=O) groups excluding carboxylic acids is 1. The zero-order valence-electron chi connectivity index (χ0n) is 10.8. The molecule has 5 nitrogen and oxygen atoms in total. The number of anilines is 1. The van der Waals surface area contributed by atoms with Crippen molar-refractivity contribution in [3.8, 4) is 0 Å². The standard InChI is InChI=1S/C14H16N4O/c1-10(19)16-7-3-2-4-11-5-6-13-12(8-11)14(15)18-9-17-13/h2,4-6,8-9H,3,7H2,1H3,(H,16,19)(H2,15,17,18). The van der Waals surface area contributed by atoms with E-state index < -0.39 is 0 Å². The number of nitrogens with zero attached hydrogens (tertiary/aromatic N) is 2. The molecule has 0 unspecified atom stereocenters. The Labute approximate surface area is 111 Å². The van der Waals surface area contributed by atoms with Crippen molar-refractivity contribution in [3.63, 3.8) is 0 Å². The Morgan fingerprint density at radius 3 is 3.05 bits per heavy atom. The van der Waals surface area contributed by atoms with Crippen LogP contribution >= 0.6 is 0 Å². The molecular formula is C14H16N4O. The van der Waals surface area contributed by atoms with Crippen LogP contribution in [0.2, 0.25) is 0 Å². The SMILES string of the molecule is CC(=O)NCCC=Cc1ccc2ncnc(N)c2c1. The summed E-state index contributed by atoms with van der Waals surface area (Å²) in [7, 11) is 0. The van der Waals surface area contributed by atoms with Gasteiger partial charge in [-0.2, -0.15) is 0 Å². The number of rotatable bonds is 4. The molecule has 0 radical (unpaired) electrons. The molecule has 0 saturated carbocycles. The Hall–Kier alpha value is -2.43. The summed E-state index contributed by atoms with van der Waals surface area (Å²) in [6, 6.07) is 5.85. The van der Waals surface area contributed by atoms with Crippen LogP contribution in [0.25, 0.3) is 17.0 Å². The molecule has 0 saturated heterocycles. The highest BCUT2D eigenvalue weighted by Crippen LogP contribution is 2.18. The molecule has 1 aromatic heterocycles. The van der Waals surface area contributed by atoms with Gasteiger partial charge in [-0.15, -0.1) is 0 Å². The van der Waals surface area contributed by atoms with Crippen molar-refractivity contribution in [2.45, 2.75) is 13.3 Å². The third kappa shape index (κ3) is 3.51. The Bertz CT molecular complexity index is 622. The molecule has 1 aromatic carbocycles. The third-order valence-corrected chi connectivity index (χ3v) is 2.69. The van der Waals surface area contributed by atoms with Gasteiger partial charge >= 0.3 is 0 Å². The Morgan fingerprint density at radius 1 is 1.42 bits per heavy atom. The van der Waals surface area contributed by atoms with Crippen molar-refractivity contribution in [2.75, 3.05) is 12.3 Å². The minimum Gasteiger partial charge on any atom is -0.383 e. The molecule has 3 N–H and O–H groups in total. The number of hydrogen-bond acceptors (Lipinski definition) is 4. The third-order valence-electron chi connectivity index (χ3n) is 2.69. The number of nitrogens with one attached hydrogen (secondary N) is 1. The van der Waals surface area contributed by atoms with E-state index in [1.54, 1.807) is 0 Å². The molecular weight excluding hydrogens is 240 g/mol. The molecule has 2 aromatic rings. The first-order valence-electron chi connectivity index (χ1n) is 6.08. The van der Waals surface area contributed by atoms with Crippen molar-refractivity contribution in [2.24, 2.45) is 0 Å². The number of fused-ring (bicyclic) bond motifs is 1. The fourth-order valence-corrected chi connectivity index (χ4v) is 1.75. The zero-order chi connectivity index (χ0) is 13.7. The highest BCUT2D eigenvalue weighted by molar-refractivity contribution is 5.89. The maximum atomic E-state index is 10.7. The monoisotopic (exact) mass is 256 g/mol.